The minimum absolute atomic E-state index is 0.167. The molecule has 4 nitrogen and oxygen atoms in total. The third-order valence-electron chi connectivity index (χ3n) is 3.36. The van der Waals surface area contributed by atoms with Crippen molar-refractivity contribution in [1.82, 2.24) is 10.6 Å². The van der Waals surface area contributed by atoms with Gasteiger partial charge in [0.15, 0.2) is 5.11 Å². The van der Waals surface area contributed by atoms with E-state index >= 15 is 0 Å². The first-order valence-corrected chi connectivity index (χ1v) is 7.71. The van der Waals surface area contributed by atoms with Gasteiger partial charge in [-0.25, -0.2) is 0 Å². The van der Waals surface area contributed by atoms with E-state index in [0.717, 1.165) is 38.0 Å². The van der Waals surface area contributed by atoms with Crippen molar-refractivity contribution in [1.29, 1.82) is 0 Å². The van der Waals surface area contributed by atoms with E-state index in [1.54, 1.807) is 12.1 Å². The van der Waals surface area contributed by atoms with Gasteiger partial charge in [0.2, 0.25) is 0 Å². The summed E-state index contributed by atoms with van der Waals surface area (Å²) in [6, 6.07) is 6.61. The lowest BCUT2D eigenvalue weighted by molar-refractivity contribution is -0.0498. The van der Waals surface area contributed by atoms with Crippen molar-refractivity contribution in [3.05, 3.63) is 29.8 Å². The van der Waals surface area contributed by atoms with Gasteiger partial charge in [-0.3, -0.25) is 0 Å². The molecule has 2 N–H and O–H groups in total. The summed E-state index contributed by atoms with van der Waals surface area (Å²) in [5.41, 5.74) is 1.02. The molecule has 7 heteroatoms. The SMILES string of the molecule is FC(F)Oc1ccc(CCNC(=S)NC[C@@H]2CCCO2)cc1. The van der Waals surface area contributed by atoms with E-state index in [4.69, 9.17) is 17.0 Å². The number of hydrogen-bond acceptors (Lipinski definition) is 3. The number of ether oxygens (including phenoxy) is 2. The number of halogens is 2. The topological polar surface area (TPSA) is 42.5 Å². The molecule has 122 valence electrons. The molecule has 1 fully saturated rings. The van der Waals surface area contributed by atoms with Crippen molar-refractivity contribution in [2.45, 2.75) is 32.0 Å². The molecule has 0 aromatic heterocycles. The zero-order valence-corrected chi connectivity index (χ0v) is 13.0. The quantitative estimate of drug-likeness (QED) is 0.752. The fourth-order valence-electron chi connectivity index (χ4n) is 2.23. The van der Waals surface area contributed by atoms with Crippen LogP contribution < -0.4 is 15.4 Å². The Morgan fingerprint density at radius 2 is 2.09 bits per heavy atom. The van der Waals surface area contributed by atoms with Crippen LogP contribution in [0.4, 0.5) is 8.78 Å². The predicted octanol–water partition coefficient (Wildman–Crippen LogP) is 2.47. The third kappa shape index (κ3) is 6.11. The molecule has 0 spiro atoms. The highest BCUT2D eigenvalue weighted by molar-refractivity contribution is 7.80. The summed E-state index contributed by atoms with van der Waals surface area (Å²) < 4.78 is 33.9. The number of rotatable bonds is 7. The van der Waals surface area contributed by atoms with Gasteiger partial charge in [0.1, 0.15) is 5.75 Å². The standard InChI is InChI=1S/C15H20F2N2O2S/c16-14(17)21-12-5-3-11(4-6-12)7-8-18-15(22)19-10-13-2-1-9-20-13/h3-6,13-14H,1-2,7-10H2,(H2,18,19,22)/t13-/m0/s1. The maximum absolute atomic E-state index is 12.0. The first kappa shape index (κ1) is 16.9. The molecule has 1 aliphatic rings. The Morgan fingerprint density at radius 3 is 2.73 bits per heavy atom. The van der Waals surface area contributed by atoms with Crippen LogP contribution in [0.25, 0.3) is 0 Å². The smallest absolute Gasteiger partial charge is 0.387 e. The van der Waals surface area contributed by atoms with Crippen LogP contribution >= 0.6 is 12.2 Å². The molecule has 0 saturated carbocycles. The molecule has 0 amide bonds. The summed E-state index contributed by atoms with van der Waals surface area (Å²) in [7, 11) is 0. The highest BCUT2D eigenvalue weighted by Gasteiger charge is 2.15. The molecule has 22 heavy (non-hydrogen) atoms. The predicted molar refractivity (Wildman–Crippen MR) is 84.4 cm³/mol. The number of benzene rings is 1. The molecule has 1 saturated heterocycles. The van der Waals surface area contributed by atoms with Crippen molar-refractivity contribution in [3.8, 4) is 5.75 Å². The van der Waals surface area contributed by atoms with Crippen molar-refractivity contribution in [3.63, 3.8) is 0 Å². The Labute approximate surface area is 134 Å². The lowest BCUT2D eigenvalue weighted by Crippen LogP contribution is -2.40. The van der Waals surface area contributed by atoms with Crippen LogP contribution in [0, 0.1) is 0 Å². The molecular formula is C15H20F2N2O2S. The van der Waals surface area contributed by atoms with Gasteiger partial charge >= 0.3 is 6.61 Å². The molecule has 1 aromatic carbocycles. The van der Waals surface area contributed by atoms with Crippen molar-refractivity contribution in [2.75, 3.05) is 19.7 Å². The Balaban J connectivity index is 1.61. The Hall–Kier alpha value is -1.47. The normalized spacial score (nSPS) is 17.5. The maximum atomic E-state index is 12.0. The third-order valence-corrected chi connectivity index (χ3v) is 3.65. The van der Waals surface area contributed by atoms with Crippen molar-refractivity contribution >= 4 is 17.3 Å². The molecule has 1 atom stereocenters. The van der Waals surface area contributed by atoms with Gasteiger partial charge in [0, 0.05) is 19.7 Å². The van der Waals surface area contributed by atoms with Crippen LogP contribution in [0.15, 0.2) is 24.3 Å². The minimum atomic E-state index is -2.79. The van der Waals surface area contributed by atoms with E-state index in [0.29, 0.717) is 11.7 Å². The lowest BCUT2D eigenvalue weighted by Gasteiger charge is -2.14. The van der Waals surface area contributed by atoms with E-state index in [-0.39, 0.29) is 11.9 Å². The number of hydrogen-bond donors (Lipinski definition) is 2. The maximum Gasteiger partial charge on any atom is 0.387 e. The van der Waals surface area contributed by atoms with Gasteiger partial charge in [0.05, 0.1) is 6.10 Å². The van der Waals surface area contributed by atoms with Crippen LogP contribution in [0.3, 0.4) is 0 Å². The van der Waals surface area contributed by atoms with Gasteiger partial charge in [0.25, 0.3) is 0 Å². The number of alkyl halides is 2. The van der Waals surface area contributed by atoms with Crippen molar-refractivity contribution in [2.24, 2.45) is 0 Å². The van der Waals surface area contributed by atoms with Crippen LogP contribution in [-0.2, 0) is 11.2 Å². The average Bonchev–Trinajstić information content (AvgIpc) is 3.00. The van der Waals surface area contributed by atoms with Gasteiger partial charge in [-0.15, -0.1) is 0 Å². The summed E-state index contributed by atoms with van der Waals surface area (Å²) in [4.78, 5) is 0. The summed E-state index contributed by atoms with van der Waals surface area (Å²) >= 11 is 5.19. The second-order valence-electron chi connectivity index (χ2n) is 5.04. The monoisotopic (exact) mass is 330 g/mol. The molecule has 1 aliphatic heterocycles. The number of thiocarbonyl (C=S) groups is 1. The molecule has 1 heterocycles. The molecule has 1 aromatic rings. The fourth-order valence-corrected chi connectivity index (χ4v) is 2.42. The largest absolute Gasteiger partial charge is 0.435 e. The van der Waals surface area contributed by atoms with E-state index in [9.17, 15) is 8.78 Å². The Morgan fingerprint density at radius 1 is 1.32 bits per heavy atom. The first-order valence-electron chi connectivity index (χ1n) is 7.30. The van der Waals surface area contributed by atoms with E-state index < -0.39 is 6.61 Å². The van der Waals surface area contributed by atoms with Crippen LogP contribution in [0.2, 0.25) is 0 Å². The minimum Gasteiger partial charge on any atom is -0.435 e. The van der Waals surface area contributed by atoms with Gasteiger partial charge < -0.3 is 20.1 Å². The first-order chi connectivity index (χ1) is 10.6. The lowest BCUT2D eigenvalue weighted by atomic mass is 10.1. The molecule has 0 radical (unpaired) electrons. The Kier molecular flexibility index (Phi) is 6.79. The van der Waals surface area contributed by atoms with E-state index in [1.807, 2.05) is 0 Å². The molecule has 0 unspecified atom stereocenters. The van der Waals surface area contributed by atoms with Gasteiger partial charge in [-0.1, -0.05) is 12.1 Å². The van der Waals surface area contributed by atoms with Crippen LogP contribution in [-0.4, -0.2) is 37.5 Å². The second-order valence-corrected chi connectivity index (χ2v) is 5.45. The highest BCUT2D eigenvalue weighted by atomic mass is 32.1. The van der Waals surface area contributed by atoms with Gasteiger partial charge in [-0.05, 0) is 49.2 Å². The van der Waals surface area contributed by atoms with Crippen LogP contribution in [0.5, 0.6) is 5.75 Å². The molecule has 2 rings (SSSR count). The zero-order chi connectivity index (χ0) is 15.8. The Bertz CT molecular complexity index is 465. The van der Waals surface area contributed by atoms with Crippen molar-refractivity contribution < 1.29 is 18.3 Å². The highest BCUT2D eigenvalue weighted by Crippen LogP contribution is 2.15. The summed E-state index contributed by atoms with van der Waals surface area (Å²) in [6.45, 7) is -0.560. The zero-order valence-electron chi connectivity index (χ0n) is 12.2. The second kappa shape index (κ2) is 8.85. The number of nitrogens with one attached hydrogen (secondary N) is 2. The van der Waals surface area contributed by atoms with E-state index in [2.05, 4.69) is 15.4 Å². The molecular weight excluding hydrogens is 310 g/mol. The average molecular weight is 330 g/mol. The summed E-state index contributed by atoms with van der Waals surface area (Å²) in [5.74, 6) is 0.167. The van der Waals surface area contributed by atoms with E-state index in [1.165, 1.54) is 12.1 Å². The molecule has 0 bridgehead atoms. The molecule has 0 aliphatic carbocycles. The fraction of sp³-hybridized carbons (Fsp3) is 0.533. The summed E-state index contributed by atoms with van der Waals surface area (Å²) in [6.07, 6.45) is 3.18. The summed E-state index contributed by atoms with van der Waals surface area (Å²) in [5, 5.41) is 6.85. The van der Waals surface area contributed by atoms with Gasteiger partial charge in [-0.2, -0.15) is 8.78 Å². The van der Waals surface area contributed by atoms with Crippen LogP contribution in [0.1, 0.15) is 18.4 Å².